The van der Waals surface area contributed by atoms with Crippen molar-refractivity contribution in [2.45, 2.75) is 26.9 Å². The number of nitrogens with zero attached hydrogens (tertiary/aromatic N) is 2. The lowest BCUT2D eigenvalue weighted by Gasteiger charge is -2.12. The first-order valence-electron chi connectivity index (χ1n) is 5.35. The Morgan fingerprint density at radius 2 is 2.00 bits per heavy atom. The summed E-state index contributed by atoms with van der Waals surface area (Å²) in [6, 6.07) is 0. The number of aryl methyl sites for hydroxylation is 3. The van der Waals surface area contributed by atoms with Crippen LogP contribution in [-0.2, 0) is 7.05 Å². The van der Waals surface area contributed by atoms with Crippen LogP contribution >= 0.6 is 11.6 Å². The Hall–Kier alpha value is -1.26. The first-order valence-corrected chi connectivity index (χ1v) is 5.73. The topological polar surface area (TPSA) is 51.2 Å². The zero-order valence-corrected chi connectivity index (χ0v) is 11.0. The van der Waals surface area contributed by atoms with E-state index in [1.54, 1.807) is 11.7 Å². The minimum Gasteiger partial charge on any atom is -0.466 e. The monoisotopic (exact) mass is 254 g/mol. The summed E-state index contributed by atoms with van der Waals surface area (Å²) in [7, 11) is 1.75. The predicted octanol–water partition coefficient (Wildman–Crippen LogP) is 2.67. The molecule has 2 heterocycles. The lowest BCUT2D eigenvalue weighted by Crippen LogP contribution is -2.08. The van der Waals surface area contributed by atoms with E-state index < -0.39 is 6.10 Å². The third kappa shape index (κ3) is 1.87. The minimum absolute atomic E-state index is 0.456. The van der Waals surface area contributed by atoms with E-state index in [2.05, 4.69) is 5.10 Å². The second-order valence-electron chi connectivity index (χ2n) is 4.16. The van der Waals surface area contributed by atoms with Crippen LogP contribution in [0.4, 0.5) is 0 Å². The van der Waals surface area contributed by atoms with Crippen molar-refractivity contribution >= 4 is 11.6 Å². The van der Waals surface area contributed by atoms with Gasteiger partial charge in [-0.3, -0.25) is 4.68 Å². The van der Waals surface area contributed by atoms with Gasteiger partial charge in [0, 0.05) is 12.6 Å². The maximum Gasteiger partial charge on any atom is 0.126 e. The fourth-order valence-corrected chi connectivity index (χ4v) is 2.35. The van der Waals surface area contributed by atoms with Gasteiger partial charge in [0.25, 0.3) is 0 Å². The second kappa shape index (κ2) is 4.20. The van der Waals surface area contributed by atoms with Gasteiger partial charge in [-0.25, -0.2) is 0 Å². The number of rotatable bonds is 2. The van der Waals surface area contributed by atoms with Crippen LogP contribution in [0.2, 0.25) is 5.02 Å². The maximum atomic E-state index is 10.4. The number of hydrogen-bond acceptors (Lipinski definition) is 3. The number of furan rings is 1. The van der Waals surface area contributed by atoms with Crippen LogP contribution in [0.25, 0.3) is 0 Å². The molecule has 17 heavy (non-hydrogen) atoms. The van der Waals surface area contributed by atoms with Crippen LogP contribution in [0.5, 0.6) is 0 Å². The van der Waals surface area contributed by atoms with Gasteiger partial charge in [0.15, 0.2) is 0 Å². The molecule has 2 rings (SSSR count). The van der Waals surface area contributed by atoms with Gasteiger partial charge >= 0.3 is 0 Å². The summed E-state index contributed by atoms with van der Waals surface area (Å²) in [5.41, 5.74) is 2.30. The molecule has 1 N–H and O–H groups in total. The molecular weight excluding hydrogens is 240 g/mol. The van der Waals surface area contributed by atoms with Gasteiger partial charge in [0.2, 0.25) is 0 Å². The lowest BCUT2D eigenvalue weighted by atomic mass is 10.0. The second-order valence-corrected chi connectivity index (χ2v) is 4.56. The zero-order chi connectivity index (χ0) is 12.7. The number of aromatic nitrogens is 2. The molecule has 0 aliphatic rings. The Morgan fingerprint density at radius 3 is 2.41 bits per heavy atom. The van der Waals surface area contributed by atoms with Crippen molar-refractivity contribution in [3.8, 4) is 0 Å². The average molecular weight is 255 g/mol. The van der Waals surface area contributed by atoms with Gasteiger partial charge in [-0.1, -0.05) is 11.6 Å². The highest BCUT2D eigenvalue weighted by atomic mass is 35.5. The van der Waals surface area contributed by atoms with Crippen LogP contribution in [0.15, 0.2) is 10.6 Å². The lowest BCUT2D eigenvalue weighted by molar-refractivity contribution is 0.207. The van der Waals surface area contributed by atoms with E-state index in [1.165, 1.54) is 6.20 Å². The molecule has 0 aliphatic heterocycles. The largest absolute Gasteiger partial charge is 0.466 e. The van der Waals surface area contributed by atoms with Crippen LogP contribution in [0.1, 0.15) is 34.4 Å². The van der Waals surface area contributed by atoms with E-state index in [-0.39, 0.29) is 0 Å². The van der Waals surface area contributed by atoms with E-state index in [4.69, 9.17) is 16.0 Å². The van der Waals surface area contributed by atoms with Gasteiger partial charge in [-0.15, -0.1) is 0 Å². The minimum atomic E-state index is -0.813. The smallest absolute Gasteiger partial charge is 0.126 e. The molecule has 0 amide bonds. The molecule has 4 nitrogen and oxygen atoms in total. The first kappa shape index (κ1) is 12.2. The molecular formula is C12H15ClN2O2. The van der Waals surface area contributed by atoms with Gasteiger partial charge in [0.1, 0.15) is 17.6 Å². The van der Waals surface area contributed by atoms with E-state index in [1.807, 2.05) is 20.8 Å². The highest BCUT2D eigenvalue weighted by Gasteiger charge is 2.25. The number of aliphatic hydroxyl groups excluding tert-OH is 1. The number of hydrogen-bond donors (Lipinski definition) is 1. The van der Waals surface area contributed by atoms with Gasteiger partial charge in [0.05, 0.1) is 16.9 Å². The first-order chi connectivity index (χ1) is 7.93. The Morgan fingerprint density at radius 1 is 1.35 bits per heavy atom. The number of aliphatic hydroxyl groups is 1. The molecule has 0 spiro atoms. The van der Waals surface area contributed by atoms with Crippen molar-refractivity contribution in [3.05, 3.63) is 39.6 Å². The normalized spacial score (nSPS) is 13.1. The molecule has 1 atom stereocenters. The van der Waals surface area contributed by atoms with E-state index >= 15 is 0 Å². The molecule has 5 heteroatoms. The van der Waals surface area contributed by atoms with Crippen LogP contribution < -0.4 is 0 Å². The van der Waals surface area contributed by atoms with Gasteiger partial charge in [-0.05, 0) is 26.3 Å². The van der Waals surface area contributed by atoms with Crippen molar-refractivity contribution in [2.75, 3.05) is 0 Å². The summed E-state index contributed by atoms with van der Waals surface area (Å²) >= 11 is 6.03. The summed E-state index contributed by atoms with van der Waals surface area (Å²) in [5, 5.41) is 14.9. The molecule has 0 aliphatic carbocycles. The fraction of sp³-hybridized carbons (Fsp3) is 0.417. The molecule has 0 bridgehead atoms. The highest BCUT2D eigenvalue weighted by Crippen LogP contribution is 2.33. The third-order valence-electron chi connectivity index (χ3n) is 3.09. The van der Waals surface area contributed by atoms with Gasteiger partial charge < -0.3 is 9.52 Å². The Labute approximate surface area is 105 Å². The van der Waals surface area contributed by atoms with Crippen LogP contribution in [-0.4, -0.2) is 14.9 Å². The highest BCUT2D eigenvalue weighted by molar-refractivity contribution is 6.31. The van der Waals surface area contributed by atoms with Crippen molar-refractivity contribution in [3.63, 3.8) is 0 Å². The Balaban J connectivity index is 2.54. The summed E-state index contributed by atoms with van der Waals surface area (Å²) in [5.74, 6) is 1.53. The van der Waals surface area contributed by atoms with Crippen molar-refractivity contribution < 1.29 is 9.52 Å². The summed E-state index contributed by atoms with van der Waals surface area (Å²) in [6.45, 7) is 5.64. The summed E-state index contributed by atoms with van der Waals surface area (Å²) in [4.78, 5) is 0. The molecule has 1 unspecified atom stereocenters. The zero-order valence-electron chi connectivity index (χ0n) is 10.3. The molecule has 0 saturated heterocycles. The molecule has 2 aromatic rings. The fourth-order valence-electron chi connectivity index (χ4n) is 2.08. The van der Waals surface area contributed by atoms with Gasteiger partial charge in [-0.2, -0.15) is 5.10 Å². The van der Waals surface area contributed by atoms with Crippen molar-refractivity contribution in [1.29, 1.82) is 0 Å². The molecule has 0 saturated carbocycles. The molecule has 0 aromatic carbocycles. The van der Waals surface area contributed by atoms with Crippen molar-refractivity contribution in [1.82, 2.24) is 9.78 Å². The molecule has 2 aromatic heterocycles. The Bertz CT molecular complexity index is 538. The number of halogens is 1. The summed E-state index contributed by atoms with van der Waals surface area (Å²) < 4.78 is 7.09. The molecule has 92 valence electrons. The van der Waals surface area contributed by atoms with Crippen LogP contribution in [0, 0.1) is 20.8 Å². The van der Waals surface area contributed by atoms with E-state index in [0.29, 0.717) is 16.5 Å². The van der Waals surface area contributed by atoms with Crippen LogP contribution in [0.3, 0.4) is 0 Å². The SMILES string of the molecule is Cc1oc(C)c(C(O)c2c(Cl)cnn2C)c1C. The molecule has 0 fully saturated rings. The standard InChI is InChI=1S/C12H15ClN2O2/c1-6-7(2)17-8(3)10(6)12(16)11-9(13)5-14-15(11)4/h5,12,16H,1-4H3. The molecule has 0 radical (unpaired) electrons. The predicted molar refractivity (Wildman–Crippen MR) is 65.2 cm³/mol. The Kier molecular flexibility index (Phi) is 3.02. The average Bonchev–Trinajstić information content (AvgIpc) is 2.69. The maximum absolute atomic E-state index is 10.4. The van der Waals surface area contributed by atoms with E-state index in [0.717, 1.165) is 16.9 Å². The quantitative estimate of drug-likeness (QED) is 0.896. The summed E-state index contributed by atoms with van der Waals surface area (Å²) in [6.07, 6.45) is 0.713. The van der Waals surface area contributed by atoms with E-state index in [9.17, 15) is 5.11 Å². The third-order valence-corrected chi connectivity index (χ3v) is 3.38. The van der Waals surface area contributed by atoms with Crippen molar-refractivity contribution in [2.24, 2.45) is 7.05 Å².